The first-order valence-electron chi connectivity index (χ1n) is 7.26. The van der Waals surface area contributed by atoms with E-state index in [-0.39, 0.29) is 11.4 Å². The van der Waals surface area contributed by atoms with Crippen LogP contribution in [0.2, 0.25) is 0 Å². The summed E-state index contributed by atoms with van der Waals surface area (Å²) >= 11 is 0. The predicted molar refractivity (Wildman–Crippen MR) is 75.8 cm³/mol. The summed E-state index contributed by atoms with van der Waals surface area (Å²) in [6, 6.07) is 7.09. The Morgan fingerprint density at radius 1 is 1.26 bits per heavy atom. The standard InChI is InChI=1S/C16H24FNO/c1-3-19-16(10-4-5-11-16)15(18-2)12-13-6-8-14(17)9-7-13/h6-9,15,18H,3-5,10-12H2,1-2H3. The predicted octanol–water partition coefficient (Wildman–Crippen LogP) is 3.31. The van der Waals surface area contributed by atoms with Gasteiger partial charge in [0.1, 0.15) is 5.82 Å². The Morgan fingerprint density at radius 2 is 1.89 bits per heavy atom. The fraction of sp³-hybridized carbons (Fsp3) is 0.625. The molecular formula is C16H24FNO. The normalized spacial score (nSPS) is 19.5. The first-order chi connectivity index (χ1) is 9.20. The van der Waals surface area contributed by atoms with Crippen molar-refractivity contribution in [1.82, 2.24) is 5.32 Å². The Morgan fingerprint density at radius 3 is 2.42 bits per heavy atom. The highest BCUT2D eigenvalue weighted by Crippen LogP contribution is 2.37. The zero-order valence-electron chi connectivity index (χ0n) is 11.9. The fourth-order valence-corrected chi connectivity index (χ4v) is 3.26. The highest BCUT2D eigenvalue weighted by molar-refractivity contribution is 5.18. The Labute approximate surface area is 115 Å². The smallest absolute Gasteiger partial charge is 0.123 e. The monoisotopic (exact) mass is 265 g/mol. The lowest BCUT2D eigenvalue weighted by molar-refractivity contribution is -0.0597. The van der Waals surface area contributed by atoms with Crippen LogP contribution in [-0.2, 0) is 11.2 Å². The van der Waals surface area contributed by atoms with Gasteiger partial charge in [-0.25, -0.2) is 4.39 Å². The number of benzene rings is 1. The molecule has 1 atom stereocenters. The summed E-state index contributed by atoms with van der Waals surface area (Å²) in [4.78, 5) is 0. The van der Waals surface area contributed by atoms with Crippen molar-refractivity contribution in [2.24, 2.45) is 0 Å². The van der Waals surface area contributed by atoms with E-state index in [1.165, 1.54) is 25.0 Å². The third-order valence-corrected chi connectivity index (χ3v) is 4.22. The number of likely N-dealkylation sites (N-methyl/N-ethyl adjacent to an activating group) is 1. The molecule has 2 nitrogen and oxygen atoms in total. The third kappa shape index (κ3) is 3.34. The highest BCUT2D eigenvalue weighted by Gasteiger charge is 2.41. The lowest BCUT2D eigenvalue weighted by atomic mass is 9.87. The zero-order valence-corrected chi connectivity index (χ0v) is 11.9. The summed E-state index contributed by atoms with van der Waals surface area (Å²) in [5.41, 5.74) is 1.12. The lowest BCUT2D eigenvalue weighted by Gasteiger charge is -2.37. The van der Waals surface area contributed by atoms with Crippen LogP contribution >= 0.6 is 0 Å². The van der Waals surface area contributed by atoms with Crippen LogP contribution in [0.25, 0.3) is 0 Å². The molecule has 0 aliphatic heterocycles. The summed E-state index contributed by atoms with van der Waals surface area (Å²) < 4.78 is 19.1. The second-order valence-electron chi connectivity index (χ2n) is 5.38. The Balaban J connectivity index is 2.11. The molecule has 0 amide bonds. The molecule has 1 aromatic rings. The molecule has 1 aliphatic carbocycles. The van der Waals surface area contributed by atoms with Gasteiger partial charge in [-0.05, 0) is 50.9 Å². The van der Waals surface area contributed by atoms with E-state index >= 15 is 0 Å². The van der Waals surface area contributed by atoms with Gasteiger partial charge in [0.2, 0.25) is 0 Å². The summed E-state index contributed by atoms with van der Waals surface area (Å²) in [7, 11) is 1.99. The fourth-order valence-electron chi connectivity index (χ4n) is 3.26. The first-order valence-corrected chi connectivity index (χ1v) is 7.26. The summed E-state index contributed by atoms with van der Waals surface area (Å²) in [5, 5.41) is 3.41. The van der Waals surface area contributed by atoms with Gasteiger partial charge >= 0.3 is 0 Å². The van der Waals surface area contributed by atoms with Gasteiger partial charge in [-0.3, -0.25) is 0 Å². The van der Waals surface area contributed by atoms with Gasteiger partial charge in [0.15, 0.2) is 0 Å². The molecule has 0 heterocycles. The van der Waals surface area contributed by atoms with E-state index in [0.717, 1.165) is 31.4 Å². The molecule has 1 aromatic carbocycles. The molecule has 0 spiro atoms. The van der Waals surface area contributed by atoms with Crippen LogP contribution in [0.1, 0.15) is 38.2 Å². The van der Waals surface area contributed by atoms with Crippen LogP contribution in [0, 0.1) is 5.82 Å². The molecule has 1 fully saturated rings. The minimum atomic E-state index is -0.176. The minimum absolute atomic E-state index is 0.0438. The van der Waals surface area contributed by atoms with Gasteiger partial charge in [0.25, 0.3) is 0 Å². The van der Waals surface area contributed by atoms with Gasteiger partial charge in [-0.15, -0.1) is 0 Å². The quantitative estimate of drug-likeness (QED) is 0.852. The van der Waals surface area contributed by atoms with E-state index in [9.17, 15) is 4.39 Å². The van der Waals surface area contributed by atoms with Crippen molar-refractivity contribution in [2.45, 2.75) is 50.7 Å². The molecule has 0 saturated heterocycles. The lowest BCUT2D eigenvalue weighted by Crippen LogP contribution is -2.51. The van der Waals surface area contributed by atoms with Crippen molar-refractivity contribution >= 4 is 0 Å². The summed E-state index contributed by atoms with van der Waals surface area (Å²) in [6.07, 6.45) is 5.60. The van der Waals surface area contributed by atoms with E-state index in [4.69, 9.17) is 4.74 Å². The second-order valence-corrected chi connectivity index (χ2v) is 5.38. The molecule has 0 bridgehead atoms. The Hall–Kier alpha value is -0.930. The van der Waals surface area contributed by atoms with Crippen molar-refractivity contribution < 1.29 is 9.13 Å². The van der Waals surface area contributed by atoms with Crippen LogP contribution in [0.15, 0.2) is 24.3 Å². The maximum Gasteiger partial charge on any atom is 0.123 e. The topological polar surface area (TPSA) is 21.3 Å². The molecule has 0 aromatic heterocycles. The Kier molecular flexibility index (Phi) is 4.94. The molecular weight excluding hydrogens is 241 g/mol. The average Bonchev–Trinajstić information content (AvgIpc) is 2.88. The van der Waals surface area contributed by atoms with Crippen LogP contribution in [0.5, 0.6) is 0 Å². The van der Waals surface area contributed by atoms with Crippen molar-refractivity contribution in [3.05, 3.63) is 35.6 Å². The van der Waals surface area contributed by atoms with Crippen molar-refractivity contribution in [3.63, 3.8) is 0 Å². The molecule has 3 heteroatoms. The number of hydrogen-bond donors (Lipinski definition) is 1. The van der Waals surface area contributed by atoms with Crippen LogP contribution < -0.4 is 5.32 Å². The Bertz CT molecular complexity index is 384. The molecule has 1 aliphatic rings. The third-order valence-electron chi connectivity index (χ3n) is 4.22. The largest absolute Gasteiger partial charge is 0.374 e. The van der Waals surface area contributed by atoms with Gasteiger partial charge in [-0.1, -0.05) is 25.0 Å². The molecule has 106 valence electrons. The van der Waals surface area contributed by atoms with E-state index in [0.29, 0.717) is 6.04 Å². The van der Waals surface area contributed by atoms with E-state index in [2.05, 4.69) is 12.2 Å². The number of nitrogens with one attached hydrogen (secondary N) is 1. The number of hydrogen-bond acceptors (Lipinski definition) is 2. The van der Waals surface area contributed by atoms with Crippen molar-refractivity contribution in [2.75, 3.05) is 13.7 Å². The van der Waals surface area contributed by atoms with Crippen LogP contribution in [0.3, 0.4) is 0 Å². The van der Waals surface area contributed by atoms with Gasteiger partial charge in [-0.2, -0.15) is 0 Å². The molecule has 0 radical (unpaired) electrons. The maximum absolute atomic E-state index is 13.0. The van der Waals surface area contributed by atoms with E-state index in [1.54, 1.807) is 0 Å². The first kappa shape index (κ1) is 14.5. The minimum Gasteiger partial charge on any atom is -0.374 e. The maximum atomic E-state index is 13.0. The van der Waals surface area contributed by atoms with Gasteiger partial charge in [0.05, 0.1) is 5.60 Å². The zero-order chi connectivity index (χ0) is 13.7. The van der Waals surface area contributed by atoms with Crippen molar-refractivity contribution in [1.29, 1.82) is 0 Å². The van der Waals surface area contributed by atoms with E-state index < -0.39 is 0 Å². The highest BCUT2D eigenvalue weighted by atomic mass is 19.1. The molecule has 1 unspecified atom stereocenters. The second kappa shape index (κ2) is 6.49. The molecule has 1 saturated carbocycles. The SMILES string of the molecule is CCOC1(C(Cc2ccc(F)cc2)NC)CCCC1. The van der Waals surface area contributed by atoms with Gasteiger partial charge in [0, 0.05) is 12.6 Å². The average molecular weight is 265 g/mol. The number of halogens is 1. The van der Waals surface area contributed by atoms with Crippen LogP contribution in [-0.4, -0.2) is 25.3 Å². The summed E-state index contributed by atoms with van der Waals surface area (Å²) in [5.74, 6) is -0.176. The number of ether oxygens (including phenoxy) is 1. The number of rotatable bonds is 6. The summed E-state index contributed by atoms with van der Waals surface area (Å²) in [6.45, 7) is 2.81. The molecule has 2 rings (SSSR count). The molecule has 19 heavy (non-hydrogen) atoms. The van der Waals surface area contributed by atoms with E-state index in [1.807, 2.05) is 19.2 Å². The van der Waals surface area contributed by atoms with Crippen molar-refractivity contribution in [3.8, 4) is 0 Å². The van der Waals surface area contributed by atoms with Crippen LogP contribution in [0.4, 0.5) is 4.39 Å². The van der Waals surface area contributed by atoms with Gasteiger partial charge < -0.3 is 10.1 Å². The molecule has 1 N–H and O–H groups in total.